The van der Waals surface area contributed by atoms with Crippen molar-refractivity contribution in [2.24, 2.45) is 0 Å². The summed E-state index contributed by atoms with van der Waals surface area (Å²) >= 11 is 0. The molecule has 0 aliphatic heterocycles. The molecular weight excluding hydrogens is 234 g/mol. The lowest BCUT2D eigenvalue weighted by molar-refractivity contribution is 0.886. The van der Waals surface area contributed by atoms with E-state index in [-0.39, 0.29) is 0 Å². The number of allylic oxidation sites excluding steroid dienone is 1. The number of aromatic amines is 1. The van der Waals surface area contributed by atoms with Crippen molar-refractivity contribution in [2.45, 2.75) is 25.7 Å². The predicted octanol–water partition coefficient (Wildman–Crippen LogP) is 3.66. The molecule has 94 valence electrons. The molecule has 0 amide bonds. The number of hydrogen-bond donors (Lipinski definition) is 1. The van der Waals surface area contributed by atoms with Crippen molar-refractivity contribution >= 4 is 5.57 Å². The first-order valence-electron chi connectivity index (χ1n) is 6.61. The Labute approximate surface area is 112 Å². The molecule has 2 aromatic rings. The fourth-order valence-electron chi connectivity index (χ4n) is 2.74. The standard InChI is InChI=1S/C16H15N3/c17-11-13-7-3-4-8-14(13)15(12-5-1-2-6-12)16-18-9-10-19-16/h3-4,7-10H,1-2,5-6H2,(H,18,19). The topological polar surface area (TPSA) is 52.5 Å². The zero-order valence-electron chi connectivity index (χ0n) is 10.7. The van der Waals surface area contributed by atoms with Crippen LogP contribution in [-0.2, 0) is 0 Å². The van der Waals surface area contributed by atoms with Gasteiger partial charge in [-0.05, 0) is 31.7 Å². The average molecular weight is 249 g/mol. The molecular formula is C16H15N3. The first-order chi connectivity index (χ1) is 9.40. The van der Waals surface area contributed by atoms with E-state index in [4.69, 9.17) is 0 Å². The molecule has 0 spiro atoms. The van der Waals surface area contributed by atoms with Gasteiger partial charge >= 0.3 is 0 Å². The van der Waals surface area contributed by atoms with Crippen molar-refractivity contribution in [3.05, 3.63) is 59.2 Å². The van der Waals surface area contributed by atoms with Gasteiger partial charge in [-0.3, -0.25) is 0 Å². The van der Waals surface area contributed by atoms with Crippen LogP contribution in [-0.4, -0.2) is 9.97 Å². The van der Waals surface area contributed by atoms with E-state index < -0.39 is 0 Å². The Morgan fingerprint density at radius 1 is 1.21 bits per heavy atom. The lowest BCUT2D eigenvalue weighted by Crippen LogP contribution is -1.97. The van der Waals surface area contributed by atoms with Gasteiger partial charge in [0.15, 0.2) is 0 Å². The minimum Gasteiger partial charge on any atom is -0.345 e. The smallest absolute Gasteiger partial charge is 0.137 e. The molecule has 0 saturated heterocycles. The molecule has 3 nitrogen and oxygen atoms in total. The number of H-pyrrole nitrogens is 1. The predicted molar refractivity (Wildman–Crippen MR) is 74.2 cm³/mol. The summed E-state index contributed by atoms with van der Waals surface area (Å²) < 4.78 is 0. The van der Waals surface area contributed by atoms with E-state index in [0.717, 1.165) is 29.8 Å². The molecule has 0 unspecified atom stereocenters. The van der Waals surface area contributed by atoms with Gasteiger partial charge in [0.2, 0.25) is 0 Å². The summed E-state index contributed by atoms with van der Waals surface area (Å²) in [6, 6.07) is 10.1. The first-order valence-corrected chi connectivity index (χ1v) is 6.61. The van der Waals surface area contributed by atoms with E-state index in [1.165, 1.54) is 18.4 Å². The highest BCUT2D eigenvalue weighted by Crippen LogP contribution is 2.35. The monoisotopic (exact) mass is 249 g/mol. The number of nitrogens with one attached hydrogen (secondary N) is 1. The third-order valence-electron chi connectivity index (χ3n) is 3.61. The quantitative estimate of drug-likeness (QED) is 0.883. The van der Waals surface area contributed by atoms with Crippen LogP contribution in [0.3, 0.4) is 0 Å². The van der Waals surface area contributed by atoms with Crippen LogP contribution >= 0.6 is 0 Å². The molecule has 3 heteroatoms. The van der Waals surface area contributed by atoms with Crippen LogP contribution in [0.5, 0.6) is 0 Å². The number of nitrogens with zero attached hydrogens (tertiary/aromatic N) is 2. The summed E-state index contributed by atoms with van der Waals surface area (Å²) in [5, 5.41) is 9.30. The van der Waals surface area contributed by atoms with Crippen molar-refractivity contribution in [3.63, 3.8) is 0 Å². The van der Waals surface area contributed by atoms with Crippen molar-refractivity contribution < 1.29 is 0 Å². The molecule has 1 aromatic carbocycles. The Morgan fingerprint density at radius 2 is 2.00 bits per heavy atom. The molecule has 1 aliphatic carbocycles. The van der Waals surface area contributed by atoms with Crippen LogP contribution in [0.25, 0.3) is 5.57 Å². The summed E-state index contributed by atoms with van der Waals surface area (Å²) in [4.78, 5) is 7.58. The summed E-state index contributed by atoms with van der Waals surface area (Å²) in [6.07, 6.45) is 8.27. The third kappa shape index (κ3) is 2.17. The number of aromatic nitrogens is 2. The lowest BCUT2D eigenvalue weighted by Gasteiger charge is -2.11. The fraction of sp³-hybridized carbons (Fsp3) is 0.250. The van der Waals surface area contributed by atoms with Gasteiger partial charge < -0.3 is 4.98 Å². The van der Waals surface area contributed by atoms with E-state index in [1.54, 1.807) is 6.20 Å². The Bertz CT molecular complexity index is 637. The number of hydrogen-bond acceptors (Lipinski definition) is 2. The van der Waals surface area contributed by atoms with E-state index in [1.807, 2.05) is 30.5 Å². The number of rotatable bonds is 2. The second-order valence-corrected chi connectivity index (χ2v) is 4.78. The van der Waals surface area contributed by atoms with Crippen molar-refractivity contribution in [3.8, 4) is 6.07 Å². The van der Waals surface area contributed by atoms with Gasteiger partial charge in [-0.15, -0.1) is 0 Å². The van der Waals surface area contributed by atoms with Gasteiger partial charge in [0.1, 0.15) is 5.82 Å². The largest absolute Gasteiger partial charge is 0.345 e. The van der Waals surface area contributed by atoms with Crippen LogP contribution in [0.15, 0.2) is 42.2 Å². The number of imidazole rings is 1. The molecule has 1 heterocycles. The highest BCUT2D eigenvalue weighted by atomic mass is 14.9. The Balaban J connectivity index is 2.21. The maximum atomic E-state index is 9.30. The number of nitriles is 1. The molecule has 1 saturated carbocycles. The molecule has 1 fully saturated rings. The van der Waals surface area contributed by atoms with Crippen LogP contribution in [0.1, 0.15) is 42.6 Å². The second kappa shape index (κ2) is 5.11. The summed E-state index contributed by atoms with van der Waals surface area (Å²) in [5.41, 5.74) is 4.25. The average Bonchev–Trinajstić information content (AvgIpc) is 3.13. The van der Waals surface area contributed by atoms with Crippen LogP contribution in [0.4, 0.5) is 0 Å². The zero-order valence-corrected chi connectivity index (χ0v) is 10.7. The molecule has 0 atom stereocenters. The second-order valence-electron chi connectivity index (χ2n) is 4.78. The third-order valence-corrected chi connectivity index (χ3v) is 3.61. The van der Waals surface area contributed by atoms with E-state index in [9.17, 15) is 5.26 Å². The molecule has 1 N–H and O–H groups in total. The van der Waals surface area contributed by atoms with Crippen molar-refractivity contribution in [2.75, 3.05) is 0 Å². The van der Waals surface area contributed by atoms with Crippen LogP contribution in [0.2, 0.25) is 0 Å². The molecule has 0 bridgehead atoms. The molecule has 1 aromatic heterocycles. The van der Waals surface area contributed by atoms with Gasteiger partial charge in [0, 0.05) is 23.5 Å². The van der Waals surface area contributed by atoms with Gasteiger partial charge in [0.05, 0.1) is 11.6 Å². The maximum Gasteiger partial charge on any atom is 0.137 e. The van der Waals surface area contributed by atoms with Crippen molar-refractivity contribution in [1.29, 1.82) is 5.26 Å². The molecule has 3 rings (SSSR count). The van der Waals surface area contributed by atoms with E-state index >= 15 is 0 Å². The highest BCUT2D eigenvalue weighted by molar-refractivity contribution is 5.82. The first kappa shape index (κ1) is 11.7. The van der Waals surface area contributed by atoms with E-state index in [2.05, 4.69) is 16.0 Å². The van der Waals surface area contributed by atoms with Crippen LogP contribution in [0, 0.1) is 11.3 Å². The van der Waals surface area contributed by atoms with Gasteiger partial charge in [0.25, 0.3) is 0 Å². The minimum atomic E-state index is 0.716. The Morgan fingerprint density at radius 3 is 2.68 bits per heavy atom. The molecule has 0 radical (unpaired) electrons. The van der Waals surface area contributed by atoms with Gasteiger partial charge in [-0.1, -0.05) is 23.8 Å². The normalized spacial score (nSPS) is 14.4. The van der Waals surface area contributed by atoms with Crippen molar-refractivity contribution in [1.82, 2.24) is 9.97 Å². The summed E-state index contributed by atoms with van der Waals surface area (Å²) in [5.74, 6) is 0.875. The summed E-state index contributed by atoms with van der Waals surface area (Å²) in [6.45, 7) is 0. The molecule has 1 aliphatic rings. The fourth-order valence-corrected chi connectivity index (χ4v) is 2.74. The molecule has 19 heavy (non-hydrogen) atoms. The van der Waals surface area contributed by atoms with Gasteiger partial charge in [-0.25, -0.2) is 4.98 Å². The summed E-state index contributed by atoms with van der Waals surface area (Å²) in [7, 11) is 0. The highest BCUT2D eigenvalue weighted by Gasteiger charge is 2.19. The van der Waals surface area contributed by atoms with Gasteiger partial charge in [-0.2, -0.15) is 5.26 Å². The minimum absolute atomic E-state index is 0.716. The Kier molecular flexibility index (Phi) is 3.16. The zero-order chi connectivity index (χ0) is 13.1. The lowest BCUT2D eigenvalue weighted by atomic mass is 9.94. The number of benzene rings is 1. The Hall–Kier alpha value is -2.34. The maximum absolute atomic E-state index is 9.30. The van der Waals surface area contributed by atoms with Crippen LogP contribution < -0.4 is 0 Å². The van der Waals surface area contributed by atoms with E-state index in [0.29, 0.717) is 5.56 Å². The SMILES string of the molecule is N#Cc1ccccc1C(=C1CCCC1)c1ncc[nH]1.